The molecule has 0 radical (unpaired) electrons. The Morgan fingerprint density at radius 3 is 1.89 bits per heavy atom. The van der Waals surface area contributed by atoms with E-state index in [4.69, 9.17) is 14.8 Å². The fraction of sp³-hybridized carbons (Fsp3) is 0.333. The molecule has 0 saturated heterocycles. The van der Waals surface area contributed by atoms with E-state index in [1.807, 2.05) is 0 Å². The summed E-state index contributed by atoms with van der Waals surface area (Å²) in [7, 11) is -9.09. The second kappa shape index (κ2) is 5.33. The zero-order valence-corrected chi connectivity index (χ0v) is 10.8. The van der Waals surface area contributed by atoms with E-state index in [0.717, 1.165) is 0 Å². The predicted octanol–water partition coefficient (Wildman–Crippen LogP) is 0.178. The van der Waals surface area contributed by atoms with Crippen molar-refractivity contribution in [2.24, 2.45) is 5.73 Å². The lowest BCUT2D eigenvalue weighted by Crippen LogP contribution is -2.33. The van der Waals surface area contributed by atoms with Crippen molar-refractivity contribution in [3.8, 4) is 0 Å². The lowest BCUT2D eigenvalue weighted by molar-refractivity contribution is 0.447. The maximum atomic E-state index is 11.2. The molecule has 7 nitrogen and oxygen atoms in total. The van der Waals surface area contributed by atoms with E-state index < -0.39 is 37.3 Å². The molecule has 1 aromatic carbocycles. The molecule has 2 atom stereocenters. The highest BCUT2D eigenvalue weighted by Crippen LogP contribution is 2.26. The monoisotopic (exact) mass is 295 g/mol. The van der Waals surface area contributed by atoms with Gasteiger partial charge in [-0.1, -0.05) is 30.3 Å². The van der Waals surface area contributed by atoms with Gasteiger partial charge < -0.3 is 5.73 Å². The van der Waals surface area contributed by atoms with Gasteiger partial charge in [0.15, 0.2) is 0 Å². The van der Waals surface area contributed by atoms with Crippen LogP contribution in [0.1, 0.15) is 17.2 Å². The van der Waals surface area contributed by atoms with Crippen LogP contribution in [0.2, 0.25) is 0 Å². The van der Waals surface area contributed by atoms with Crippen molar-refractivity contribution in [2.75, 3.05) is 0 Å². The van der Waals surface area contributed by atoms with Crippen molar-refractivity contribution in [1.29, 1.82) is 0 Å². The molecular formula is C9H13NO6S2. The van der Waals surface area contributed by atoms with Gasteiger partial charge in [-0.25, -0.2) is 0 Å². The van der Waals surface area contributed by atoms with Crippen LogP contribution in [0.25, 0.3) is 0 Å². The van der Waals surface area contributed by atoms with Crippen LogP contribution in [0.3, 0.4) is 0 Å². The Kier molecular flexibility index (Phi) is 4.46. The SMILES string of the molecule is NC(CC(c1ccccc1)S(=O)(=O)O)S(=O)(=O)O. The van der Waals surface area contributed by atoms with Gasteiger partial charge in [0.2, 0.25) is 0 Å². The Hall–Kier alpha value is -1.00. The van der Waals surface area contributed by atoms with Crippen LogP contribution >= 0.6 is 0 Å². The molecule has 4 N–H and O–H groups in total. The Balaban J connectivity index is 3.11. The summed E-state index contributed by atoms with van der Waals surface area (Å²) in [5.41, 5.74) is 5.37. The summed E-state index contributed by atoms with van der Waals surface area (Å²) in [5, 5.41) is -3.29. The van der Waals surface area contributed by atoms with Crippen LogP contribution < -0.4 is 5.73 Å². The molecule has 102 valence electrons. The highest BCUT2D eigenvalue weighted by molar-refractivity contribution is 7.87. The van der Waals surface area contributed by atoms with E-state index in [0.29, 0.717) is 0 Å². The zero-order chi connectivity index (χ0) is 14.0. The minimum atomic E-state index is -4.56. The average molecular weight is 295 g/mol. The second-order valence-corrected chi connectivity index (χ2v) is 6.94. The van der Waals surface area contributed by atoms with Crippen molar-refractivity contribution in [1.82, 2.24) is 0 Å². The van der Waals surface area contributed by atoms with Crippen molar-refractivity contribution in [3.05, 3.63) is 35.9 Å². The molecule has 0 heterocycles. The van der Waals surface area contributed by atoms with E-state index in [1.165, 1.54) is 24.3 Å². The van der Waals surface area contributed by atoms with Crippen molar-refractivity contribution in [2.45, 2.75) is 17.0 Å². The lowest BCUT2D eigenvalue weighted by atomic mass is 10.1. The first-order valence-corrected chi connectivity index (χ1v) is 7.86. The molecule has 0 bridgehead atoms. The van der Waals surface area contributed by atoms with Gasteiger partial charge in [-0.15, -0.1) is 0 Å². The molecular weight excluding hydrogens is 282 g/mol. The quantitative estimate of drug-likeness (QED) is 0.659. The van der Waals surface area contributed by atoms with Gasteiger partial charge in [-0.05, 0) is 5.56 Å². The molecule has 9 heteroatoms. The van der Waals surface area contributed by atoms with Crippen molar-refractivity contribution in [3.63, 3.8) is 0 Å². The first kappa shape index (κ1) is 15.1. The minimum absolute atomic E-state index is 0.194. The minimum Gasteiger partial charge on any atom is -0.313 e. The molecule has 1 rings (SSSR count). The number of nitrogens with two attached hydrogens (primary N) is 1. The molecule has 18 heavy (non-hydrogen) atoms. The first-order chi connectivity index (χ1) is 8.12. The van der Waals surface area contributed by atoms with Gasteiger partial charge in [0.25, 0.3) is 20.2 Å². The molecule has 0 saturated carbocycles. The summed E-state index contributed by atoms with van der Waals surface area (Å²) in [6.07, 6.45) is -0.637. The van der Waals surface area contributed by atoms with E-state index in [-0.39, 0.29) is 5.56 Å². The maximum Gasteiger partial charge on any atom is 0.280 e. The molecule has 0 fully saturated rings. The highest BCUT2D eigenvalue weighted by atomic mass is 32.2. The lowest BCUT2D eigenvalue weighted by Gasteiger charge is -2.17. The number of rotatable bonds is 5. The summed E-state index contributed by atoms with van der Waals surface area (Å²) in [6, 6.07) is 7.52. The topological polar surface area (TPSA) is 135 Å². The molecule has 0 spiro atoms. The van der Waals surface area contributed by atoms with Crippen LogP contribution in [0.15, 0.2) is 30.3 Å². The Bertz CT molecular complexity index is 595. The van der Waals surface area contributed by atoms with Crippen LogP contribution in [0, 0.1) is 0 Å². The number of benzene rings is 1. The molecule has 2 unspecified atom stereocenters. The molecule has 0 aromatic heterocycles. The Morgan fingerprint density at radius 2 is 1.50 bits per heavy atom. The molecule has 0 amide bonds. The van der Waals surface area contributed by atoms with Gasteiger partial charge >= 0.3 is 0 Å². The summed E-state index contributed by atoms with van der Waals surface area (Å²) in [4.78, 5) is 0. The van der Waals surface area contributed by atoms with E-state index in [2.05, 4.69) is 0 Å². The molecule has 0 aliphatic carbocycles. The van der Waals surface area contributed by atoms with Crippen LogP contribution in [-0.4, -0.2) is 31.3 Å². The molecule has 0 aliphatic heterocycles. The smallest absolute Gasteiger partial charge is 0.280 e. The predicted molar refractivity (Wildman–Crippen MR) is 64.9 cm³/mol. The third-order valence-electron chi connectivity index (χ3n) is 2.36. The van der Waals surface area contributed by atoms with Crippen LogP contribution in [0.5, 0.6) is 0 Å². The fourth-order valence-electron chi connectivity index (χ4n) is 1.43. The van der Waals surface area contributed by atoms with Crippen LogP contribution in [-0.2, 0) is 20.2 Å². The zero-order valence-electron chi connectivity index (χ0n) is 9.17. The third kappa shape index (κ3) is 4.03. The van der Waals surface area contributed by atoms with Gasteiger partial charge in [0.1, 0.15) is 10.6 Å². The van der Waals surface area contributed by atoms with Gasteiger partial charge in [-0.3, -0.25) is 9.11 Å². The summed E-state index contributed by atoms with van der Waals surface area (Å²) >= 11 is 0. The van der Waals surface area contributed by atoms with Gasteiger partial charge in [0, 0.05) is 6.42 Å². The molecule has 1 aromatic rings. The highest BCUT2D eigenvalue weighted by Gasteiger charge is 2.31. The van der Waals surface area contributed by atoms with E-state index in [9.17, 15) is 16.8 Å². The Morgan fingerprint density at radius 1 is 1.00 bits per heavy atom. The van der Waals surface area contributed by atoms with Crippen molar-refractivity contribution < 1.29 is 25.9 Å². The maximum absolute atomic E-state index is 11.2. The average Bonchev–Trinajstić information content (AvgIpc) is 2.23. The normalized spacial score (nSPS) is 16.2. The van der Waals surface area contributed by atoms with Crippen LogP contribution in [0.4, 0.5) is 0 Å². The van der Waals surface area contributed by atoms with Gasteiger partial charge in [-0.2, -0.15) is 16.8 Å². The van der Waals surface area contributed by atoms with E-state index in [1.54, 1.807) is 6.07 Å². The summed E-state index contributed by atoms with van der Waals surface area (Å²) in [6.45, 7) is 0. The van der Waals surface area contributed by atoms with E-state index >= 15 is 0 Å². The summed E-state index contributed by atoms with van der Waals surface area (Å²) < 4.78 is 61.8. The molecule has 0 aliphatic rings. The summed E-state index contributed by atoms with van der Waals surface area (Å²) in [5.74, 6) is 0. The Labute approximate surface area is 105 Å². The fourth-order valence-corrected chi connectivity index (χ4v) is 2.94. The number of hydrogen-bond donors (Lipinski definition) is 3. The number of hydrogen-bond acceptors (Lipinski definition) is 5. The standard InChI is InChI=1S/C9H13NO6S2/c10-9(18(14,15)16)6-8(17(11,12)13)7-4-2-1-3-5-7/h1-5,8-9H,6,10H2,(H,11,12,13)(H,14,15,16). The van der Waals surface area contributed by atoms with Gasteiger partial charge in [0.05, 0.1) is 0 Å². The van der Waals surface area contributed by atoms with Crippen molar-refractivity contribution >= 4 is 20.2 Å². The largest absolute Gasteiger partial charge is 0.313 e. The first-order valence-electron chi connectivity index (χ1n) is 4.85. The third-order valence-corrected chi connectivity index (χ3v) is 4.50. The second-order valence-electron chi connectivity index (χ2n) is 3.70.